The normalized spacial score (nSPS) is 17.1. The van der Waals surface area contributed by atoms with Gasteiger partial charge in [0, 0.05) is 112 Å². The average molecular weight is 1130 g/mol. The van der Waals surface area contributed by atoms with Crippen molar-refractivity contribution in [1.29, 1.82) is 0 Å². The average Bonchev–Trinajstić information content (AvgIpc) is 4.12. The number of rotatable bonds is 5. The number of likely N-dealkylation sites (N-methyl/N-ethyl adjacent to an activating group) is 2. The van der Waals surface area contributed by atoms with Gasteiger partial charge in [-0.3, -0.25) is 8.80 Å². The monoisotopic (exact) mass is 1130 g/mol. The molecule has 0 bridgehead atoms. The summed E-state index contributed by atoms with van der Waals surface area (Å²) < 4.78 is 87.8. The summed E-state index contributed by atoms with van der Waals surface area (Å²) in [5.74, 6) is 0. The molecule has 15 nitrogen and oxygen atoms in total. The van der Waals surface area contributed by atoms with Crippen molar-refractivity contribution in [2.24, 2.45) is 0 Å². The molecule has 0 spiro atoms. The topological polar surface area (TPSA) is 162 Å². The molecule has 0 radical (unpaired) electrons. The summed E-state index contributed by atoms with van der Waals surface area (Å²) in [4.78, 5) is 23.7. The van der Waals surface area contributed by atoms with Crippen molar-refractivity contribution in [3.05, 3.63) is 99.8 Å². The summed E-state index contributed by atoms with van der Waals surface area (Å²) in [5, 5.41) is 6.53. The van der Waals surface area contributed by atoms with Crippen LogP contribution in [0, 0.1) is 0 Å². The quantitative estimate of drug-likeness (QED) is 0.0916. The van der Waals surface area contributed by atoms with Crippen LogP contribution < -0.4 is 0 Å². The van der Waals surface area contributed by atoms with Gasteiger partial charge in [-0.1, -0.05) is 30.6 Å². The number of hydrogen-bond acceptors (Lipinski definition) is 14. The van der Waals surface area contributed by atoms with Crippen LogP contribution in [0.4, 0.5) is 13.2 Å². The Balaban J connectivity index is 0.000000175. The third kappa shape index (κ3) is 12.8. The minimum atomic E-state index is -5.08. The molecule has 0 N–H and O–H groups in total. The first-order valence-electron chi connectivity index (χ1n) is 19.2. The van der Waals surface area contributed by atoms with Gasteiger partial charge in [0.25, 0.3) is 9.05 Å². The fourth-order valence-corrected chi connectivity index (χ4v) is 11.2. The van der Waals surface area contributed by atoms with Gasteiger partial charge < -0.3 is 27.4 Å². The molecule has 2 unspecified atom stereocenters. The number of halogens is 6. The second-order valence-electron chi connectivity index (χ2n) is 14.7. The Morgan fingerprint density at radius 2 is 1.35 bits per heavy atom. The summed E-state index contributed by atoms with van der Waals surface area (Å²) in [6.07, 6.45) is 17.6. The molecule has 10 rings (SSSR count). The van der Waals surface area contributed by atoms with Gasteiger partial charge in [-0.25, -0.2) is 28.4 Å². The number of likely N-dealkylation sites (tertiary alicyclic amines) is 2. The maximum atomic E-state index is 11.1. The number of nitrogens with zero attached hydrogens (tertiary/aromatic N) is 10. The van der Waals surface area contributed by atoms with Crippen molar-refractivity contribution in [3.8, 4) is 0 Å². The molecule has 357 valence electrons. The van der Waals surface area contributed by atoms with E-state index in [-0.39, 0.29) is 17.6 Å². The summed E-state index contributed by atoms with van der Waals surface area (Å²) in [6.45, 7) is 4.61. The molecule has 2 atom stereocenters. The fraction of sp³-hybridized carbons (Fsp3) is 0.385. The van der Waals surface area contributed by atoms with Gasteiger partial charge in [0.2, 0.25) is 0 Å². The van der Waals surface area contributed by atoms with Crippen LogP contribution in [0.5, 0.6) is 0 Å². The Morgan fingerprint density at radius 1 is 0.815 bits per heavy atom. The van der Waals surface area contributed by atoms with Gasteiger partial charge in [0.1, 0.15) is 11.3 Å². The molecule has 2 aliphatic heterocycles. The molecule has 26 heteroatoms. The standard InChI is InChI=1S/C19H20ClN5S.C13H17N3.C5H2Cl2N2O2S2.CF3O2S.CH4.Ag.O/c1-23-7-3-4-14(12-23)25-11-13(15-5-2-6-21-18(15)25)10-16-17(20)22-19-24(16)8-9-26-19;1-15-8-3-5-12(10-15)16-9-6-11-4-2-7-14-13(11)16;6-3-4(13(7,10)11)9-1-2-12-5(9)8-3;2-1(3,4)7(5)6;;;/h2,5-6,8-9,11,14H,3-4,7,10,12H2,1H3;2,4,6-7,9,12H,3,5,8,10H2,1H3;1-2H;;1H4;;/q;;;-1;;;. The Kier molecular flexibility index (Phi) is 18.8. The van der Waals surface area contributed by atoms with Crippen molar-refractivity contribution in [2.75, 3.05) is 40.3 Å². The first-order chi connectivity index (χ1) is 30.5. The second kappa shape index (κ2) is 23.2. The predicted octanol–water partition coefficient (Wildman–Crippen LogP) is 9.87. The van der Waals surface area contributed by atoms with Crippen LogP contribution in [0.25, 0.3) is 32.0 Å². The third-order valence-electron chi connectivity index (χ3n) is 10.4. The van der Waals surface area contributed by atoms with E-state index in [9.17, 15) is 21.6 Å². The van der Waals surface area contributed by atoms with Crippen molar-refractivity contribution >= 4 is 108 Å². The molecule has 65 heavy (non-hydrogen) atoms. The van der Waals surface area contributed by atoms with Crippen LogP contribution in [-0.2, 0) is 58.9 Å². The van der Waals surface area contributed by atoms with Crippen LogP contribution in [0.15, 0.2) is 83.3 Å². The molecule has 8 aromatic heterocycles. The third-order valence-corrected chi connectivity index (χ3v) is 14.3. The second-order valence-corrected chi connectivity index (χ2v) is 20.5. The molecule has 0 saturated carbocycles. The van der Waals surface area contributed by atoms with E-state index in [1.54, 1.807) is 44.0 Å². The van der Waals surface area contributed by atoms with Gasteiger partial charge in [0.15, 0.2) is 25.3 Å². The van der Waals surface area contributed by atoms with Crippen LogP contribution in [-0.4, -0.2) is 102 Å². The van der Waals surface area contributed by atoms with Crippen LogP contribution in [0.1, 0.15) is 56.5 Å². The number of aromatic nitrogens is 8. The van der Waals surface area contributed by atoms with E-state index in [4.69, 9.17) is 50.5 Å². The van der Waals surface area contributed by atoms with Crippen molar-refractivity contribution < 1.29 is 54.3 Å². The van der Waals surface area contributed by atoms with Gasteiger partial charge in [-0.05, 0) is 88.8 Å². The van der Waals surface area contributed by atoms with Crippen LogP contribution >= 0.6 is 56.6 Å². The Labute approximate surface area is 409 Å². The number of imidazole rings is 2. The first-order valence-corrected chi connectivity index (χ1v) is 25.7. The predicted molar refractivity (Wildman–Crippen MR) is 245 cm³/mol. The molecule has 0 aliphatic carbocycles. The molecule has 2 saturated heterocycles. The van der Waals surface area contributed by atoms with Crippen molar-refractivity contribution in [3.63, 3.8) is 0 Å². The minimum absolute atomic E-state index is 0. The van der Waals surface area contributed by atoms with Crippen molar-refractivity contribution in [2.45, 2.75) is 62.1 Å². The maximum absolute atomic E-state index is 11.1. The fourth-order valence-electron chi connectivity index (χ4n) is 7.69. The SMILES string of the molecule is C.CN1CCCC(n2cc(Cc3c(Cl)nc4sccn34)c3cccnc32)C1.CN1CCCC(n2ccc3cccnc32)C1.O=S(=O)(Cl)c1c(Cl)nc2sccn12.O=[S-](=O)C(F)(F)F.[O]=[Ag]. The Hall–Kier alpha value is -3.26. The Bertz CT molecular complexity index is 3020. The zero-order valence-corrected chi connectivity index (χ0v) is 40.8. The molecule has 2 aliphatic rings. The summed E-state index contributed by atoms with van der Waals surface area (Å²) in [7, 11) is 1.80. The van der Waals surface area contributed by atoms with E-state index in [0.29, 0.717) is 22.2 Å². The molecule has 0 aromatic carbocycles. The number of hydrogen-bond donors (Lipinski definition) is 0. The summed E-state index contributed by atoms with van der Waals surface area (Å²) in [6, 6.07) is 11.5. The van der Waals surface area contributed by atoms with Gasteiger partial charge >= 0.3 is 29.8 Å². The zero-order valence-electron chi connectivity index (χ0n) is 33.7. The first kappa shape index (κ1) is 52.7. The number of alkyl halides is 3. The number of pyridine rings is 2. The van der Waals surface area contributed by atoms with E-state index >= 15 is 0 Å². The summed E-state index contributed by atoms with van der Waals surface area (Å²) >= 11 is 16.6. The number of piperidine rings is 2. The molecule has 10 heterocycles. The van der Waals surface area contributed by atoms with E-state index in [2.05, 4.69) is 83.0 Å². The molecular formula is C39H43AgCl3F3N10O5S4-. The van der Waals surface area contributed by atoms with E-state index in [0.717, 1.165) is 41.5 Å². The van der Waals surface area contributed by atoms with Crippen LogP contribution in [0.2, 0.25) is 10.3 Å². The molecule has 8 aromatic rings. The van der Waals surface area contributed by atoms with Gasteiger partial charge in [0.05, 0.1) is 5.69 Å². The number of thiazole rings is 2. The van der Waals surface area contributed by atoms with Gasteiger partial charge in [-0.15, -0.1) is 22.7 Å². The summed E-state index contributed by atoms with van der Waals surface area (Å²) in [5.41, 5.74) is -0.574. The van der Waals surface area contributed by atoms with E-state index in [1.807, 2.05) is 36.1 Å². The van der Waals surface area contributed by atoms with Gasteiger partial charge in [-0.2, -0.15) is 13.2 Å². The van der Waals surface area contributed by atoms with E-state index in [1.165, 1.54) is 70.8 Å². The number of fused-ring (bicyclic) bond motifs is 4. The van der Waals surface area contributed by atoms with Crippen LogP contribution in [0.3, 0.4) is 0 Å². The Morgan fingerprint density at radius 3 is 1.94 bits per heavy atom. The molecular weight excluding hydrogens is 1090 g/mol. The van der Waals surface area contributed by atoms with E-state index < -0.39 is 25.3 Å². The molecule has 2 fully saturated rings. The van der Waals surface area contributed by atoms with Crippen molar-refractivity contribution in [1.82, 2.24) is 47.7 Å². The zero-order chi connectivity index (χ0) is 46.3. The molecule has 0 amide bonds.